The molecular weight excluding hydrogens is 350 g/mol. The van der Waals surface area contributed by atoms with E-state index in [-0.39, 0.29) is 17.7 Å². The normalized spacial score (nSPS) is 15.2. The predicted octanol–water partition coefficient (Wildman–Crippen LogP) is 3.69. The molecule has 0 amide bonds. The maximum Gasteiger partial charge on any atom is 0.212 e. The molecule has 0 aliphatic rings. The highest BCUT2D eigenvalue weighted by atomic mass is 79.9. The highest BCUT2D eigenvalue weighted by Gasteiger charge is 2.20. The molecule has 0 aromatic heterocycles. The second-order valence-electron chi connectivity index (χ2n) is 4.67. The number of hydrogen-bond acceptors (Lipinski definition) is 2. The molecule has 0 spiro atoms. The van der Waals surface area contributed by atoms with E-state index in [1.54, 1.807) is 0 Å². The Morgan fingerprint density at radius 1 is 1.32 bits per heavy atom. The summed E-state index contributed by atoms with van der Waals surface area (Å²) in [5.74, 6) is 0.348. The topological polar surface area (TPSA) is 46.2 Å². The molecule has 2 atom stereocenters. The van der Waals surface area contributed by atoms with Gasteiger partial charge in [-0.25, -0.2) is 13.1 Å². The fraction of sp³-hybridized carbons (Fsp3) is 0.538. The van der Waals surface area contributed by atoms with Crippen molar-refractivity contribution in [2.24, 2.45) is 5.92 Å². The number of hydrogen-bond donors (Lipinski definition) is 1. The van der Waals surface area contributed by atoms with Gasteiger partial charge >= 0.3 is 0 Å². The van der Waals surface area contributed by atoms with E-state index < -0.39 is 10.0 Å². The molecule has 3 nitrogen and oxygen atoms in total. The molecule has 1 aromatic rings. The molecule has 19 heavy (non-hydrogen) atoms. The Kier molecular flexibility index (Phi) is 6.80. The van der Waals surface area contributed by atoms with Crippen LogP contribution in [0.2, 0.25) is 0 Å². The summed E-state index contributed by atoms with van der Waals surface area (Å²) in [7, 11) is -3.31. The molecule has 2 unspecified atom stereocenters. The minimum Gasteiger partial charge on any atom is -0.212 e. The molecule has 0 bridgehead atoms. The standard InChI is InChI=1S/C13H19BrClNO2S/c1-3-13(11-4-6-12(14)7-5-11)16-19(17,18)9-10(2)8-15/h4-7,10,13,16H,3,8-9H2,1-2H3. The first-order valence-corrected chi connectivity index (χ1v) is 9.17. The van der Waals surface area contributed by atoms with Crippen LogP contribution in [0.25, 0.3) is 0 Å². The zero-order chi connectivity index (χ0) is 14.5. The third-order valence-corrected chi connectivity index (χ3v) is 5.48. The van der Waals surface area contributed by atoms with Crippen LogP contribution in [-0.4, -0.2) is 20.1 Å². The number of nitrogens with one attached hydrogen (secondary N) is 1. The van der Waals surface area contributed by atoms with E-state index in [1.807, 2.05) is 38.1 Å². The van der Waals surface area contributed by atoms with E-state index in [4.69, 9.17) is 11.6 Å². The number of halogens is 2. The van der Waals surface area contributed by atoms with Crippen LogP contribution < -0.4 is 4.72 Å². The monoisotopic (exact) mass is 367 g/mol. The van der Waals surface area contributed by atoms with Crippen LogP contribution in [0.15, 0.2) is 28.7 Å². The highest BCUT2D eigenvalue weighted by molar-refractivity contribution is 9.10. The number of rotatable bonds is 7. The first-order valence-electron chi connectivity index (χ1n) is 6.19. The molecule has 0 heterocycles. The van der Waals surface area contributed by atoms with Gasteiger partial charge in [0.25, 0.3) is 0 Å². The summed E-state index contributed by atoms with van der Waals surface area (Å²) in [6.07, 6.45) is 0.704. The van der Waals surface area contributed by atoms with Crippen molar-refractivity contribution in [1.29, 1.82) is 0 Å². The first-order chi connectivity index (χ1) is 8.88. The fourth-order valence-electron chi connectivity index (χ4n) is 1.77. The lowest BCUT2D eigenvalue weighted by molar-refractivity contribution is 0.540. The largest absolute Gasteiger partial charge is 0.212 e. The molecule has 1 aromatic carbocycles. The van der Waals surface area contributed by atoms with Crippen LogP contribution in [0, 0.1) is 5.92 Å². The second kappa shape index (κ2) is 7.62. The van der Waals surface area contributed by atoms with Gasteiger partial charge in [0.2, 0.25) is 10.0 Å². The van der Waals surface area contributed by atoms with Gasteiger partial charge < -0.3 is 0 Å². The van der Waals surface area contributed by atoms with Gasteiger partial charge in [-0.3, -0.25) is 0 Å². The summed E-state index contributed by atoms with van der Waals surface area (Å²) in [6, 6.07) is 7.47. The van der Waals surface area contributed by atoms with Crippen molar-refractivity contribution in [1.82, 2.24) is 4.72 Å². The summed E-state index contributed by atoms with van der Waals surface area (Å²) in [6.45, 7) is 3.78. The van der Waals surface area contributed by atoms with Crippen molar-refractivity contribution in [3.05, 3.63) is 34.3 Å². The average molecular weight is 369 g/mol. The zero-order valence-corrected chi connectivity index (χ0v) is 14.2. The Balaban J connectivity index is 2.79. The quantitative estimate of drug-likeness (QED) is 0.746. The van der Waals surface area contributed by atoms with E-state index in [2.05, 4.69) is 20.7 Å². The molecule has 0 aliphatic heterocycles. The van der Waals surface area contributed by atoms with Crippen molar-refractivity contribution < 1.29 is 8.42 Å². The van der Waals surface area contributed by atoms with Gasteiger partial charge in [-0.1, -0.05) is 41.9 Å². The van der Waals surface area contributed by atoms with Gasteiger partial charge in [0.05, 0.1) is 5.75 Å². The molecule has 0 saturated heterocycles. The zero-order valence-electron chi connectivity index (χ0n) is 11.1. The first kappa shape index (κ1) is 17.0. The van der Waals surface area contributed by atoms with Crippen LogP contribution in [0.5, 0.6) is 0 Å². The van der Waals surface area contributed by atoms with Crippen molar-refractivity contribution >= 4 is 37.6 Å². The lowest BCUT2D eigenvalue weighted by atomic mass is 10.1. The predicted molar refractivity (Wildman–Crippen MR) is 84.0 cm³/mol. The van der Waals surface area contributed by atoms with Crippen LogP contribution in [0.4, 0.5) is 0 Å². The summed E-state index contributed by atoms with van der Waals surface area (Å²) in [5, 5.41) is 0. The summed E-state index contributed by atoms with van der Waals surface area (Å²) in [5.41, 5.74) is 0.966. The van der Waals surface area contributed by atoms with Crippen LogP contribution in [0.1, 0.15) is 31.9 Å². The fourth-order valence-corrected chi connectivity index (χ4v) is 3.97. The van der Waals surface area contributed by atoms with Crippen LogP contribution in [0.3, 0.4) is 0 Å². The van der Waals surface area contributed by atoms with Crippen LogP contribution in [-0.2, 0) is 10.0 Å². The van der Waals surface area contributed by atoms with Crippen molar-refractivity contribution in [3.8, 4) is 0 Å². The lowest BCUT2D eigenvalue weighted by Crippen LogP contribution is -2.32. The van der Waals surface area contributed by atoms with Gasteiger partial charge in [-0.05, 0) is 30.0 Å². The third kappa shape index (κ3) is 5.81. The Morgan fingerprint density at radius 2 is 1.89 bits per heavy atom. The Hall–Kier alpha value is -0.100. The van der Waals surface area contributed by atoms with Gasteiger partial charge in [-0.15, -0.1) is 11.6 Å². The summed E-state index contributed by atoms with van der Waals surface area (Å²) in [4.78, 5) is 0. The van der Waals surface area contributed by atoms with Crippen molar-refractivity contribution in [2.75, 3.05) is 11.6 Å². The lowest BCUT2D eigenvalue weighted by Gasteiger charge is -2.19. The molecule has 1 N–H and O–H groups in total. The summed E-state index contributed by atoms with van der Waals surface area (Å²) >= 11 is 9.03. The van der Waals surface area contributed by atoms with Gasteiger partial charge in [0.15, 0.2) is 0 Å². The third-order valence-electron chi connectivity index (χ3n) is 2.77. The maximum atomic E-state index is 12.0. The van der Waals surface area contributed by atoms with Gasteiger partial charge in [-0.2, -0.15) is 0 Å². The average Bonchev–Trinajstić information content (AvgIpc) is 2.36. The molecule has 0 fully saturated rings. The molecule has 0 saturated carbocycles. The smallest absolute Gasteiger partial charge is 0.212 e. The highest BCUT2D eigenvalue weighted by Crippen LogP contribution is 2.20. The Labute approximate surface area is 128 Å². The minimum absolute atomic E-state index is 0.0541. The number of alkyl halides is 1. The van der Waals surface area contributed by atoms with E-state index in [1.165, 1.54) is 0 Å². The molecular formula is C13H19BrClNO2S. The molecule has 108 valence electrons. The van der Waals surface area contributed by atoms with E-state index >= 15 is 0 Å². The molecule has 0 radical (unpaired) electrons. The molecule has 6 heteroatoms. The van der Waals surface area contributed by atoms with E-state index in [0.717, 1.165) is 10.0 Å². The van der Waals surface area contributed by atoms with Crippen molar-refractivity contribution in [2.45, 2.75) is 26.3 Å². The second-order valence-corrected chi connectivity index (χ2v) is 7.69. The molecule has 1 rings (SSSR count). The Bertz CT molecular complexity index is 490. The Morgan fingerprint density at radius 3 is 2.37 bits per heavy atom. The molecule has 0 aliphatic carbocycles. The number of sulfonamides is 1. The maximum absolute atomic E-state index is 12.0. The SMILES string of the molecule is CCC(NS(=O)(=O)CC(C)CCl)c1ccc(Br)cc1. The van der Waals surface area contributed by atoms with Crippen molar-refractivity contribution in [3.63, 3.8) is 0 Å². The van der Waals surface area contributed by atoms with E-state index in [9.17, 15) is 8.42 Å². The van der Waals surface area contributed by atoms with E-state index in [0.29, 0.717) is 12.3 Å². The number of benzene rings is 1. The summed E-state index contributed by atoms with van der Waals surface area (Å²) < 4.78 is 27.8. The van der Waals surface area contributed by atoms with Gasteiger partial charge in [0.1, 0.15) is 0 Å². The minimum atomic E-state index is -3.31. The van der Waals surface area contributed by atoms with Gasteiger partial charge in [0, 0.05) is 16.4 Å². The van der Waals surface area contributed by atoms with Crippen LogP contribution >= 0.6 is 27.5 Å².